The van der Waals surface area contributed by atoms with Crippen molar-refractivity contribution in [1.82, 2.24) is 0 Å². The Labute approximate surface area is 148 Å². The Kier molecular flexibility index (Phi) is 7.40. The van der Waals surface area contributed by atoms with Crippen molar-refractivity contribution in [2.45, 2.75) is 46.0 Å². The molecule has 1 aromatic carbocycles. The number of carbonyl (C=O) groups excluding carboxylic acids is 2. The van der Waals surface area contributed by atoms with Crippen LogP contribution in [0.4, 0.5) is 5.69 Å². The summed E-state index contributed by atoms with van der Waals surface area (Å²) < 4.78 is 15.4. The van der Waals surface area contributed by atoms with E-state index in [2.05, 4.69) is 11.4 Å². The number of benzene rings is 1. The van der Waals surface area contributed by atoms with Gasteiger partial charge in [-0.1, -0.05) is 6.07 Å². The zero-order valence-electron chi connectivity index (χ0n) is 15.3. The van der Waals surface area contributed by atoms with Crippen LogP contribution in [0.15, 0.2) is 6.07 Å². The lowest BCUT2D eigenvalue weighted by Crippen LogP contribution is -2.21. The average Bonchev–Trinajstić information content (AvgIpc) is 2.59. The maximum Gasteiger partial charge on any atom is 0.306 e. The molecule has 1 heterocycles. The first-order valence-electron chi connectivity index (χ1n) is 8.73. The van der Waals surface area contributed by atoms with E-state index in [4.69, 9.17) is 14.2 Å². The van der Waals surface area contributed by atoms with Gasteiger partial charge >= 0.3 is 5.97 Å². The van der Waals surface area contributed by atoms with Gasteiger partial charge in [0.2, 0.25) is 5.91 Å². The second kappa shape index (κ2) is 9.53. The summed E-state index contributed by atoms with van der Waals surface area (Å²) in [5.41, 5.74) is 5.36. The molecule has 138 valence electrons. The molecule has 0 saturated heterocycles. The second-order valence-electron chi connectivity index (χ2n) is 6.09. The lowest BCUT2D eigenvalue weighted by Gasteiger charge is -2.24. The van der Waals surface area contributed by atoms with E-state index >= 15 is 0 Å². The third-order valence-corrected chi connectivity index (χ3v) is 4.37. The molecule has 0 aromatic heterocycles. The van der Waals surface area contributed by atoms with Gasteiger partial charge in [-0.3, -0.25) is 9.59 Å². The van der Waals surface area contributed by atoms with Crippen molar-refractivity contribution in [3.05, 3.63) is 28.3 Å². The van der Waals surface area contributed by atoms with E-state index in [1.165, 1.54) is 0 Å². The third-order valence-electron chi connectivity index (χ3n) is 4.37. The predicted octanol–water partition coefficient (Wildman–Crippen LogP) is 2.54. The topological polar surface area (TPSA) is 73.9 Å². The number of amides is 1. The van der Waals surface area contributed by atoms with Crippen molar-refractivity contribution in [1.29, 1.82) is 0 Å². The SMILES string of the molecule is CCOC(=O)CCc1cc2c(c(C)c1CCOCOC)NC(=O)CC2. The molecular weight excluding hydrogens is 322 g/mol. The summed E-state index contributed by atoms with van der Waals surface area (Å²) in [6.07, 6.45) is 2.91. The highest BCUT2D eigenvalue weighted by atomic mass is 16.7. The van der Waals surface area contributed by atoms with Crippen LogP contribution in [0.1, 0.15) is 42.0 Å². The minimum atomic E-state index is -0.187. The Balaban J connectivity index is 2.22. The Morgan fingerprint density at radius 1 is 1.28 bits per heavy atom. The van der Waals surface area contributed by atoms with Crippen molar-refractivity contribution in [3.63, 3.8) is 0 Å². The monoisotopic (exact) mass is 349 g/mol. The zero-order chi connectivity index (χ0) is 18.2. The maximum absolute atomic E-state index is 11.7. The summed E-state index contributed by atoms with van der Waals surface area (Å²) in [6.45, 7) is 4.99. The van der Waals surface area contributed by atoms with Crippen LogP contribution < -0.4 is 5.32 Å². The average molecular weight is 349 g/mol. The Hall–Kier alpha value is -1.92. The number of methoxy groups -OCH3 is 1. The molecule has 0 unspecified atom stereocenters. The van der Waals surface area contributed by atoms with Crippen molar-refractivity contribution in [3.8, 4) is 0 Å². The number of fused-ring (bicyclic) bond motifs is 1. The van der Waals surface area contributed by atoms with Crippen molar-refractivity contribution in [2.24, 2.45) is 0 Å². The number of anilines is 1. The maximum atomic E-state index is 11.7. The highest BCUT2D eigenvalue weighted by Gasteiger charge is 2.21. The number of rotatable bonds is 9. The second-order valence-corrected chi connectivity index (χ2v) is 6.09. The number of aryl methyl sites for hydroxylation is 2. The molecule has 1 N–H and O–H groups in total. The van der Waals surface area contributed by atoms with Crippen molar-refractivity contribution in [2.75, 3.05) is 32.4 Å². The van der Waals surface area contributed by atoms with Gasteiger partial charge < -0.3 is 19.5 Å². The summed E-state index contributed by atoms with van der Waals surface area (Å²) in [7, 11) is 1.59. The molecule has 0 atom stereocenters. The zero-order valence-corrected chi connectivity index (χ0v) is 15.3. The van der Waals surface area contributed by atoms with Crippen LogP contribution in [0.5, 0.6) is 0 Å². The molecule has 0 saturated carbocycles. The van der Waals surface area contributed by atoms with Gasteiger partial charge in [-0.25, -0.2) is 0 Å². The minimum Gasteiger partial charge on any atom is -0.466 e. The third kappa shape index (κ3) is 5.28. The van der Waals surface area contributed by atoms with Crippen LogP contribution in [0.2, 0.25) is 0 Å². The molecular formula is C19H27NO5. The summed E-state index contributed by atoms with van der Waals surface area (Å²) in [5.74, 6) is -0.135. The molecule has 6 heteroatoms. The molecule has 25 heavy (non-hydrogen) atoms. The number of esters is 1. The molecule has 0 bridgehead atoms. The lowest BCUT2D eigenvalue weighted by molar-refractivity contribution is -0.143. The molecule has 0 radical (unpaired) electrons. The van der Waals surface area contributed by atoms with Crippen LogP contribution in [-0.4, -0.2) is 39.0 Å². The highest BCUT2D eigenvalue weighted by molar-refractivity contribution is 5.95. The first-order chi connectivity index (χ1) is 12.1. The molecule has 2 rings (SSSR count). The Morgan fingerprint density at radius 2 is 2.08 bits per heavy atom. The molecule has 1 amide bonds. The van der Waals surface area contributed by atoms with Gasteiger partial charge in [0.1, 0.15) is 6.79 Å². The Morgan fingerprint density at radius 3 is 2.80 bits per heavy atom. The van der Waals surface area contributed by atoms with Crippen molar-refractivity contribution < 1.29 is 23.8 Å². The van der Waals surface area contributed by atoms with E-state index in [9.17, 15) is 9.59 Å². The molecule has 6 nitrogen and oxygen atoms in total. The van der Waals surface area contributed by atoms with E-state index in [1.807, 2.05) is 13.8 Å². The minimum absolute atomic E-state index is 0.0523. The van der Waals surface area contributed by atoms with Crippen LogP contribution in [-0.2, 0) is 43.1 Å². The van der Waals surface area contributed by atoms with Gasteiger partial charge in [-0.05, 0) is 55.4 Å². The van der Waals surface area contributed by atoms with Crippen molar-refractivity contribution >= 4 is 17.6 Å². The molecule has 1 aliphatic heterocycles. The lowest BCUT2D eigenvalue weighted by atomic mass is 9.88. The number of nitrogens with one attached hydrogen (secondary N) is 1. The first-order valence-corrected chi connectivity index (χ1v) is 8.73. The van der Waals surface area contributed by atoms with E-state index in [0.717, 1.165) is 34.4 Å². The van der Waals surface area contributed by atoms with E-state index in [1.54, 1.807) is 7.11 Å². The van der Waals surface area contributed by atoms with Crippen LogP contribution in [0, 0.1) is 6.92 Å². The largest absolute Gasteiger partial charge is 0.466 e. The van der Waals surface area contributed by atoms with Gasteiger partial charge in [-0.2, -0.15) is 0 Å². The van der Waals surface area contributed by atoms with Gasteiger partial charge in [0.05, 0.1) is 13.2 Å². The smallest absolute Gasteiger partial charge is 0.306 e. The summed E-state index contributed by atoms with van der Waals surface area (Å²) in [4.78, 5) is 23.5. The normalized spacial score (nSPS) is 13.3. The fourth-order valence-corrected chi connectivity index (χ4v) is 3.18. The Bertz CT molecular complexity index is 627. The first kappa shape index (κ1) is 19.4. The van der Waals surface area contributed by atoms with Crippen LogP contribution in [0.25, 0.3) is 0 Å². The summed E-state index contributed by atoms with van der Waals surface area (Å²) in [6, 6.07) is 2.12. The van der Waals surface area contributed by atoms with Gasteiger partial charge in [-0.15, -0.1) is 0 Å². The van der Waals surface area contributed by atoms with E-state index < -0.39 is 0 Å². The number of carbonyl (C=O) groups is 2. The van der Waals surface area contributed by atoms with E-state index in [-0.39, 0.29) is 18.7 Å². The van der Waals surface area contributed by atoms with Crippen LogP contribution >= 0.6 is 0 Å². The number of ether oxygens (including phenoxy) is 3. The van der Waals surface area contributed by atoms with Gasteiger partial charge in [0.15, 0.2) is 0 Å². The van der Waals surface area contributed by atoms with E-state index in [0.29, 0.717) is 38.9 Å². The molecule has 0 spiro atoms. The molecule has 0 aliphatic carbocycles. The number of hydrogen-bond acceptors (Lipinski definition) is 5. The number of hydrogen-bond donors (Lipinski definition) is 1. The quantitative estimate of drug-likeness (QED) is 0.421. The fraction of sp³-hybridized carbons (Fsp3) is 0.579. The summed E-state index contributed by atoms with van der Waals surface area (Å²) >= 11 is 0. The fourth-order valence-electron chi connectivity index (χ4n) is 3.18. The van der Waals surface area contributed by atoms with Gasteiger partial charge in [0, 0.05) is 25.6 Å². The molecule has 1 aliphatic rings. The highest BCUT2D eigenvalue weighted by Crippen LogP contribution is 2.32. The molecule has 1 aromatic rings. The van der Waals surface area contributed by atoms with Gasteiger partial charge in [0.25, 0.3) is 0 Å². The summed E-state index contributed by atoms with van der Waals surface area (Å²) in [5, 5.41) is 2.99. The van der Waals surface area contributed by atoms with Crippen LogP contribution in [0.3, 0.4) is 0 Å². The standard InChI is InChI=1S/C19H27NO5/c1-4-25-18(22)8-6-14-11-15-5-7-17(21)20-19(15)13(2)16(14)9-10-24-12-23-3/h11H,4-10,12H2,1-3H3,(H,20,21). The predicted molar refractivity (Wildman–Crippen MR) is 94.6 cm³/mol. The molecule has 0 fully saturated rings.